The van der Waals surface area contributed by atoms with Crippen molar-refractivity contribution in [2.24, 2.45) is 23.7 Å². The number of methoxy groups -OCH3 is 2. The van der Waals surface area contributed by atoms with E-state index >= 15 is 0 Å². The highest BCUT2D eigenvalue weighted by Crippen LogP contribution is 2.31. The normalized spacial score (nSPS) is 23.6. The summed E-state index contributed by atoms with van der Waals surface area (Å²) in [4.78, 5) is 72.2. The summed E-state index contributed by atoms with van der Waals surface area (Å²) >= 11 is 0. The number of nitrogens with one attached hydrogen (secondary N) is 2. The molecule has 0 aromatic carbocycles. The zero-order valence-corrected chi connectivity index (χ0v) is 34.1. The number of hydrogen-bond acceptors (Lipinski definition) is 7. The van der Waals surface area contributed by atoms with Gasteiger partial charge in [-0.25, -0.2) is 4.79 Å². The number of piperidine rings is 1. The van der Waals surface area contributed by atoms with Gasteiger partial charge in [-0.05, 0) is 63.2 Å². The third-order valence-corrected chi connectivity index (χ3v) is 11.9. The molecule has 2 aliphatic heterocycles. The fraction of sp³-hybridized carbons (Fsp3) is 0.732. The molecule has 0 aromatic rings. The number of rotatable bonds is 18. The smallest absolute Gasteiger partial charge is 0.408 e. The van der Waals surface area contributed by atoms with E-state index in [1.165, 1.54) is 4.90 Å². The van der Waals surface area contributed by atoms with E-state index in [0.717, 1.165) is 12.8 Å². The Hall–Kier alpha value is -3.71. The van der Waals surface area contributed by atoms with Crippen LogP contribution in [0.5, 0.6) is 0 Å². The Labute approximate surface area is 322 Å². The van der Waals surface area contributed by atoms with E-state index in [1.54, 1.807) is 33.1 Å². The van der Waals surface area contributed by atoms with Crippen molar-refractivity contribution in [3.63, 3.8) is 0 Å². The average Bonchev–Trinajstić information content (AvgIpc) is 3.48. The molecule has 3 rings (SSSR count). The molecule has 3 N–H and O–H groups in total. The van der Waals surface area contributed by atoms with E-state index in [0.29, 0.717) is 45.2 Å². The number of likely N-dealkylation sites (N-methyl/N-ethyl adjacent to an activating group) is 1. The van der Waals surface area contributed by atoms with Crippen LogP contribution in [0.4, 0.5) is 4.79 Å². The number of hydrogen-bond donors (Lipinski definition) is 3. The maximum atomic E-state index is 14.3. The lowest BCUT2D eigenvalue weighted by atomic mass is 9.86. The van der Waals surface area contributed by atoms with Crippen LogP contribution in [0.1, 0.15) is 92.9 Å². The summed E-state index contributed by atoms with van der Waals surface area (Å²) in [6.07, 6.45) is 14.6. The van der Waals surface area contributed by atoms with Gasteiger partial charge in [-0.2, -0.15) is 0 Å². The molecule has 2 fully saturated rings. The second-order valence-corrected chi connectivity index (χ2v) is 15.8. The first-order valence-electron chi connectivity index (χ1n) is 19.8. The van der Waals surface area contributed by atoms with Crippen molar-refractivity contribution in [1.29, 1.82) is 0 Å². The first-order chi connectivity index (χ1) is 25.6. The summed E-state index contributed by atoms with van der Waals surface area (Å²) < 4.78 is 11.9. The third kappa shape index (κ3) is 11.0. The minimum Gasteiger partial charge on any atom is -0.465 e. The van der Waals surface area contributed by atoms with Crippen LogP contribution in [0, 0.1) is 23.7 Å². The van der Waals surface area contributed by atoms with Crippen LogP contribution in [-0.2, 0) is 28.7 Å². The molecule has 2 heterocycles. The van der Waals surface area contributed by atoms with Gasteiger partial charge < -0.3 is 35.0 Å². The Morgan fingerprint density at radius 2 is 1.63 bits per heavy atom. The first-order valence-corrected chi connectivity index (χ1v) is 19.8. The van der Waals surface area contributed by atoms with Crippen LogP contribution < -0.4 is 10.6 Å². The van der Waals surface area contributed by atoms with Crippen LogP contribution in [0.2, 0.25) is 0 Å². The van der Waals surface area contributed by atoms with Gasteiger partial charge in [0.2, 0.25) is 23.6 Å². The number of carboxylic acid groups (broad SMARTS) is 1. The topological polar surface area (TPSA) is 158 Å². The zero-order chi connectivity index (χ0) is 40.2. The van der Waals surface area contributed by atoms with Gasteiger partial charge in [0.1, 0.15) is 11.6 Å². The van der Waals surface area contributed by atoms with Crippen LogP contribution in [0.15, 0.2) is 36.5 Å². The number of allylic oxidation sites excluding steroid dienone is 6. The van der Waals surface area contributed by atoms with E-state index < -0.39 is 47.7 Å². The molecule has 0 saturated carbocycles. The summed E-state index contributed by atoms with van der Waals surface area (Å²) in [5, 5.41) is 15.8. The molecule has 0 bridgehead atoms. The Bertz CT molecular complexity index is 1370. The van der Waals surface area contributed by atoms with Gasteiger partial charge in [-0.3, -0.25) is 24.1 Å². The lowest BCUT2D eigenvalue weighted by Gasteiger charge is -2.43. The number of likely N-dealkylation sites (tertiary alicyclic amines) is 2. The fourth-order valence-corrected chi connectivity index (χ4v) is 8.32. The van der Waals surface area contributed by atoms with Crippen LogP contribution in [0.25, 0.3) is 0 Å². The average molecular weight is 758 g/mol. The number of amides is 5. The van der Waals surface area contributed by atoms with Gasteiger partial charge in [0, 0.05) is 40.9 Å². The number of carbonyl (C=O) groups excluding carboxylic acids is 4. The Balaban J connectivity index is 1.73. The minimum atomic E-state index is -1.29. The molecule has 0 spiro atoms. The third-order valence-electron chi connectivity index (χ3n) is 11.9. The van der Waals surface area contributed by atoms with E-state index in [1.807, 2.05) is 63.8 Å². The van der Waals surface area contributed by atoms with E-state index in [-0.39, 0.29) is 54.5 Å². The highest BCUT2D eigenvalue weighted by molar-refractivity contribution is 5.94. The van der Waals surface area contributed by atoms with Crippen molar-refractivity contribution in [1.82, 2.24) is 25.3 Å². The quantitative estimate of drug-likeness (QED) is 0.181. The van der Waals surface area contributed by atoms with Crippen molar-refractivity contribution in [2.45, 2.75) is 129 Å². The number of carbonyl (C=O) groups is 5. The maximum absolute atomic E-state index is 14.3. The van der Waals surface area contributed by atoms with Crippen molar-refractivity contribution in [3.05, 3.63) is 36.5 Å². The Kier molecular flexibility index (Phi) is 17.2. The van der Waals surface area contributed by atoms with Crippen LogP contribution >= 0.6 is 0 Å². The highest BCUT2D eigenvalue weighted by atomic mass is 16.5. The predicted octanol–water partition coefficient (Wildman–Crippen LogP) is 4.77. The van der Waals surface area contributed by atoms with Gasteiger partial charge in [0.25, 0.3) is 0 Å². The van der Waals surface area contributed by atoms with Gasteiger partial charge in [0.15, 0.2) is 0 Å². The van der Waals surface area contributed by atoms with Gasteiger partial charge in [-0.15, -0.1) is 0 Å². The zero-order valence-electron chi connectivity index (χ0n) is 34.1. The summed E-state index contributed by atoms with van der Waals surface area (Å²) in [6.45, 7) is 12.5. The van der Waals surface area contributed by atoms with Crippen molar-refractivity contribution >= 4 is 29.7 Å². The first kappa shape index (κ1) is 44.7. The Morgan fingerprint density at radius 1 is 0.963 bits per heavy atom. The molecule has 0 unspecified atom stereocenters. The molecule has 13 heteroatoms. The predicted molar refractivity (Wildman–Crippen MR) is 208 cm³/mol. The standard InChI is InChI=1S/C41H67N5O8/c1-10-28(4)35(44(7)38(49)34(27(2)3)43-39(50)41(6)22-15-16-25-46(41)40(51)52)32(53-8)26-33(47)45-24-17-20-31(45)36(54-9)29(5)37(48)42-23-21-30-18-13-11-12-14-19-30/h11-14,18-19,27-32,34-36H,10,15-17,20-26H2,1-9H3,(H,42,48)(H,43,50)(H,51,52)/t28-,29+,31-,32+,34-,35-,36+,41-/m0/s1. The van der Waals surface area contributed by atoms with Gasteiger partial charge in [-0.1, -0.05) is 77.5 Å². The molecule has 304 valence electrons. The monoisotopic (exact) mass is 757 g/mol. The maximum Gasteiger partial charge on any atom is 0.408 e. The summed E-state index contributed by atoms with van der Waals surface area (Å²) in [7, 11) is 4.81. The number of ether oxygens (including phenoxy) is 2. The van der Waals surface area contributed by atoms with Crippen molar-refractivity contribution < 1.29 is 38.6 Å². The molecule has 2 saturated heterocycles. The molecule has 3 aliphatic rings. The minimum absolute atomic E-state index is 0.0122. The fourth-order valence-electron chi connectivity index (χ4n) is 8.32. The second kappa shape index (κ2) is 20.8. The number of nitrogens with zero attached hydrogens (tertiary/aromatic N) is 3. The largest absolute Gasteiger partial charge is 0.465 e. The molecule has 0 radical (unpaired) electrons. The molecule has 8 atom stereocenters. The van der Waals surface area contributed by atoms with Crippen molar-refractivity contribution in [2.75, 3.05) is 40.9 Å². The summed E-state index contributed by atoms with van der Waals surface area (Å²) in [5.41, 5.74) is -1.29. The van der Waals surface area contributed by atoms with Gasteiger partial charge in [0.05, 0.1) is 36.6 Å². The lowest BCUT2D eigenvalue weighted by Crippen LogP contribution is -2.64. The highest BCUT2D eigenvalue weighted by Gasteiger charge is 2.47. The molecule has 5 amide bonds. The molecular weight excluding hydrogens is 690 g/mol. The van der Waals surface area contributed by atoms with Gasteiger partial charge >= 0.3 is 6.09 Å². The van der Waals surface area contributed by atoms with E-state index in [9.17, 15) is 29.1 Å². The SMILES string of the molecule is CC[C@H](C)[C@@H]([C@@H](CC(=O)N1CCC[C@H]1[C@H](OC)[C@@H](C)C(=O)NCCC1C=CC=CC=C1)OC)N(C)C(=O)[C@@H](NC(=O)[C@]1(C)CCCCN1C(=O)O)C(C)C. The molecular formula is C41H67N5O8. The molecule has 54 heavy (non-hydrogen) atoms. The molecule has 1 aliphatic carbocycles. The van der Waals surface area contributed by atoms with Crippen LogP contribution in [-0.4, -0.2) is 126 Å². The van der Waals surface area contributed by atoms with E-state index in [4.69, 9.17) is 9.47 Å². The second-order valence-electron chi connectivity index (χ2n) is 15.8. The van der Waals surface area contributed by atoms with E-state index in [2.05, 4.69) is 22.8 Å². The molecule has 0 aromatic heterocycles. The Morgan fingerprint density at radius 3 is 2.20 bits per heavy atom. The van der Waals surface area contributed by atoms with Crippen molar-refractivity contribution in [3.8, 4) is 0 Å². The molecule has 13 nitrogen and oxygen atoms in total. The summed E-state index contributed by atoms with van der Waals surface area (Å²) in [5.74, 6) is -1.70. The summed E-state index contributed by atoms with van der Waals surface area (Å²) in [6, 6.07) is -1.73. The van der Waals surface area contributed by atoms with Crippen LogP contribution in [0.3, 0.4) is 0 Å². The lowest BCUT2D eigenvalue weighted by molar-refractivity contribution is -0.148.